The van der Waals surface area contributed by atoms with Crippen LogP contribution in [-0.4, -0.2) is 64.3 Å². The molecule has 1 atom stereocenters. The van der Waals surface area contributed by atoms with Crippen molar-refractivity contribution < 1.29 is 9.84 Å². The second-order valence-electron chi connectivity index (χ2n) is 7.78. The first kappa shape index (κ1) is 21.1. The predicted molar refractivity (Wildman–Crippen MR) is 121 cm³/mol. The Bertz CT molecular complexity index is 1070. The molecule has 0 unspecified atom stereocenters. The molecule has 30 heavy (non-hydrogen) atoms. The van der Waals surface area contributed by atoms with Crippen LogP contribution in [0.25, 0.3) is 16.6 Å². The predicted octanol–water partition coefficient (Wildman–Crippen LogP) is 2.79. The third kappa shape index (κ3) is 4.75. The Morgan fingerprint density at radius 2 is 1.83 bits per heavy atom. The van der Waals surface area contributed by atoms with Crippen molar-refractivity contribution >= 4 is 22.7 Å². The van der Waals surface area contributed by atoms with E-state index in [0.717, 1.165) is 29.9 Å². The minimum Gasteiger partial charge on any atom is -0.391 e. The maximum atomic E-state index is 13.4. The molecule has 0 spiro atoms. The average Bonchev–Trinajstić information content (AvgIpc) is 2.72. The van der Waals surface area contributed by atoms with Crippen molar-refractivity contribution in [3.63, 3.8) is 0 Å². The molecule has 1 aliphatic heterocycles. The van der Waals surface area contributed by atoms with Crippen molar-refractivity contribution in [3.8, 4) is 5.69 Å². The van der Waals surface area contributed by atoms with Crippen LogP contribution in [0.5, 0.6) is 0 Å². The van der Waals surface area contributed by atoms with Crippen molar-refractivity contribution in [2.24, 2.45) is 0 Å². The van der Waals surface area contributed by atoms with Gasteiger partial charge in [-0.1, -0.05) is 30.0 Å². The molecule has 0 saturated carbocycles. The van der Waals surface area contributed by atoms with Crippen LogP contribution in [0.4, 0.5) is 0 Å². The summed E-state index contributed by atoms with van der Waals surface area (Å²) in [4.78, 5) is 20.3. The summed E-state index contributed by atoms with van der Waals surface area (Å²) in [7, 11) is 0. The lowest BCUT2D eigenvalue weighted by Gasteiger charge is -2.28. The Hall–Kier alpha value is -2.19. The number of aromatic nitrogens is 2. The summed E-state index contributed by atoms with van der Waals surface area (Å²) in [5, 5.41) is 11.8. The minimum absolute atomic E-state index is 0.0873. The first-order valence-electron chi connectivity index (χ1n) is 10.2. The van der Waals surface area contributed by atoms with E-state index in [-0.39, 0.29) is 5.56 Å². The van der Waals surface area contributed by atoms with Gasteiger partial charge in [-0.05, 0) is 49.2 Å². The molecule has 1 aromatic heterocycles. The minimum atomic E-state index is -0.510. The number of hydrogen-bond acceptors (Lipinski definition) is 6. The number of aliphatic hydroxyl groups is 1. The number of nitrogens with zero attached hydrogens (tertiary/aromatic N) is 3. The summed E-state index contributed by atoms with van der Waals surface area (Å²) in [5.41, 5.74) is 3.58. The average molecular weight is 426 g/mol. The Morgan fingerprint density at radius 3 is 2.57 bits per heavy atom. The highest BCUT2D eigenvalue weighted by Gasteiger charge is 2.18. The van der Waals surface area contributed by atoms with Gasteiger partial charge in [0.25, 0.3) is 5.56 Å². The van der Waals surface area contributed by atoms with Crippen molar-refractivity contribution in [3.05, 3.63) is 63.9 Å². The fourth-order valence-electron chi connectivity index (χ4n) is 3.82. The van der Waals surface area contributed by atoms with Crippen LogP contribution >= 0.6 is 11.8 Å². The topological polar surface area (TPSA) is 67.6 Å². The smallest absolute Gasteiger partial charge is 0.266 e. The number of thioether (sulfide) groups is 1. The third-order valence-electron chi connectivity index (χ3n) is 5.19. The molecule has 0 aliphatic carbocycles. The normalized spacial score (nSPS) is 16.1. The summed E-state index contributed by atoms with van der Waals surface area (Å²) < 4.78 is 7.05. The molecule has 6 nitrogen and oxygen atoms in total. The number of β-amino-alcohol motifs (C(OH)–C–C–N with tert-alkyl or cyclic N) is 1. The number of aryl methyl sites for hydroxylation is 2. The van der Waals surface area contributed by atoms with Gasteiger partial charge in [-0.15, -0.1) is 0 Å². The van der Waals surface area contributed by atoms with Crippen molar-refractivity contribution in [1.82, 2.24) is 14.5 Å². The molecular formula is C23H27N3O3S. The number of para-hydroxylation sites is 1. The highest BCUT2D eigenvalue weighted by Crippen LogP contribution is 2.23. The van der Waals surface area contributed by atoms with Gasteiger partial charge in [0.15, 0.2) is 5.16 Å². The quantitative estimate of drug-likeness (QED) is 0.484. The number of aliphatic hydroxyl groups excluding tert-OH is 1. The molecule has 1 fully saturated rings. The van der Waals surface area contributed by atoms with E-state index in [9.17, 15) is 9.90 Å². The first-order valence-corrected chi connectivity index (χ1v) is 11.2. The van der Waals surface area contributed by atoms with Gasteiger partial charge in [-0.3, -0.25) is 14.3 Å². The van der Waals surface area contributed by atoms with E-state index >= 15 is 0 Å². The third-order valence-corrected chi connectivity index (χ3v) is 6.27. The van der Waals surface area contributed by atoms with E-state index in [1.807, 2.05) is 50.2 Å². The lowest BCUT2D eigenvalue weighted by atomic mass is 10.1. The number of rotatable bonds is 6. The second kappa shape index (κ2) is 9.31. The fourth-order valence-corrected chi connectivity index (χ4v) is 4.75. The SMILES string of the molecule is Cc1cc(C)cc(-n2c(SC[C@H](O)CN3CCOCC3)nc3ccccc3c2=O)c1. The summed E-state index contributed by atoms with van der Waals surface area (Å²) in [6.07, 6.45) is -0.510. The highest BCUT2D eigenvalue weighted by atomic mass is 32.2. The lowest BCUT2D eigenvalue weighted by Crippen LogP contribution is -2.41. The van der Waals surface area contributed by atoms with Crippen molar-refractivity contribution in [1.29, 1.82) is 0 Å². The second-order valence-corrected chi connectivity index (χ2v) is 8.76. The van der Waals surface area contributed by atoms with Gasteiger partial charge in [0, 0.05) is 25.4 Å². The molecule has 2 heterocycles. The molecule has 0 radical (unpaired) electrons. The van der Waals surface area contributed by atoms with E-state index in [1.165, 1.54) is 11.8 Å². The van der Waals surface area contributed by atoms with Gasteiger partial charge in [-0.2, -0.15) is 0 Å². The van der Waals surface area contributed by atoms with Crippen LogP contribution in [0.1, 0.15) is 11.1 Å². The molecule has 1 aliphatic rings. The van der Waals surface area contributed by atoms with Gasteiger partial charge < -0.3 is 9.84 Å². The van der Waals surface area contributed by atoms with Crippen molar-refractivity contribution in [2.45, 2.75) is 25.1 Å². The van der Waals surface area contributed by atoms with E-state index in [4.69, 9.17) is 9.72 Å². The fraction of sp³-hybridized carbons (Fsp3) is 0.391. The van der Waals surface area contributed by atoms with E-state index in [0.29, 0.717) is 41.6 Å². The maximum absolute atomic E-state index is 13.4. The molecule has 0 bridgehead atoms. The number of benzene rings is 2. The summed E-state index contributed by atoms with van der Waals surface area (Å²) in [6.45, 7) is 7.73. The standard InChI is InChI=1S/C23H27N3O3S/c1-16-11-17(2)13-18(12-16)26-22(28)20-5-3-4-6-21(20)24-23(26)30-15-19(27)14-25-7-9-29-10-8-25/h3-6,11-13,19,27H,7-10,14-15H2,1-2H3/t19-/m1/s1. The van der Waals surface area contributed by atoms with Gasteiger partial charge in [0.1, 0.15) is 0 Å². The molecule has 1 N–H and O–H groups in total. The molecule has 4 rings (SSSR count). The molecule has 7 heteroatoms. The van der Waals surface area contributed by atoms with Crippen LogP contribution in [-0.2, 0) is 4.74 Å². The zero-order valence-corrected chi connectivity index (χ0v) is 18.2. The number of hydrogen-bond donors (Lipinski definition) is 1. The summed E-state index contributed by atoms with van der Waals surface area (Å²) >= 11 is 1.42. The maximum Gasteiger partial charge on any atom is 0.266 e. The van der Waals surface area contributed by atoms with E-state index in [1.54, 1.807) is 4.57 Å². The van der Waals surface area contributed by atoms with Gasteiger partial charge >= 0.3 is 0 Å². The number of fused-ring (bicyclic) bond motifs is 1. The monoisotopic (exact) mass is 425 g/mol. The Morgan fingerprint density at radius 1 is 1.13 bits per heavy atom. The zero-order valence-electron chi connectivity index (χ0n) is 17.4. The molecule has 3 aromatic rings. The van der Waals surface area contributed by atoms with Crippen LogP contribution in [0.15, 0.2) is 52.4 Å². The van der Waals surface area contributed by atoms with E-state index in [2.05, 4.69) is 11.0 Å². The lowest BCUT2D eigenvalue weighted by molar-refractivity contribution is 0.0188. The Labute approximate surface area is 180 Å². The first-order chi connectivity index (χ1) is 14.5. The molecule has 2 aromatic carbocycles. The van der Waals surface area contributed by atoms with Crippen molar-refractivity contribution in [2.75, 3.05) is 38.6 Å². The van der Waals surface area contributed by atoms with Crippen LogP contribution in [0, 0.1) is 13.8 Å². The zero-order chi connectivity index (χ0) is 21.1. The largest absolute Gasteiger partial charge is 0.391 e. The van der Waals surface area contributed by atoms with Crippen LogP contribution < -0.4 is 5.56 Å². The highest BCUT2D eigenvalue weighted by molar-refractivity contribution is 7.99. The van der Waals surface area contributed by atoms with E-state index < -0.39 is 6.10 Å². The van der Waals surface area contributed by atoms with Gasteiger partial charge in [0.2, 0.25) is 0 Å². The number of ether oxygens (including phenoxy) is 1. The summed E-state index contributed by atoms with van der Waals surface area (Å²) in [6, 6.07) is 13.5. The summed E-state index contributed by atoms with van der Waals surface area (Å²) in [5.74, 6) is 0.465. The van der Waals surface area contributed by atoms with Crippen LogP contribution in [0.3, 0.4) is 0 Å². The molecule has 1 saturated heterocycles. The molecule has 158 valence electrons. The van der Waals surface area contributed by atoms with Gasteiger partial charge in [-0.25, -0.2) is 4.98 Å². The number of morpholine rings is 1. The molecule has 0 amide bonds. The van der Waals surface area contributed by atoms with Gasteiger partial charge in [0.05, 0.1) is 35.9 Å². The van der Waals surface area contributed by atoms with Crippen LogP contribution in [0.2, 0.25) is 0 Å². The Balaban J connectivity index is 1.66. The molecular weight excluding hydrogens is 398 g/mol. The Kier molecular flexibility index (Phi) is 6.53.